The molecule has 14 heavy (non-hydrogen) atoms. The van der Waals surface area contributed by atoms with E-state index in [2.05, 4.69) is 38.1 Å². The number of benzene rings is 2. The van der Waals surface area contributed by atoms with Crippen molar-refractivity contribution < 1.29 is 0 Å². The third kappa shape index (κ3) is 1.65. The van der Waals surface area contributed by atoms with Gasteiger partial charge in [-0.15, -0.1) is 0 Å². The van der Waals surface area contributed by atoms with Gasteiger partial charge in [0.1, 0.15) is 0 Å². The predicted molar refractivity (Wildman–Crippen MR) is 61.4 cm³/mol. The van der Waals surface area contributed by atoms with Crippen LogP contribution in [0.1, 0.15) is 30.9 Å². The first-order chi connectivity index (χ1) is 6.66. The molecular weight excluding hydrogens is 168 g/mol. The molecule has 0 atom stereocenters. The molecule has 0 heteroatoms. The van der Waals surface area contributed by atoms with Gasteiger partial charge in [0.05, 0.1) is 0 Å². The highest BCUT2D eigenvalue weighted by atomic mass is 14.0. The molecule has 0 saturated carbocycles. The monoisotopic (exact) mass is 182 g/mol. The van der Waals surface area contributed by atoms with Crippen molar-refractivity contribution in [2.75, 3.05) is 0 Å². The Balaban J connectivity index is 2.62. The van der Waals surface area contributed by atoms with Gasteiger partial charge in [-0.25, -0.2) is 0 Å². The van der Waals surface area contributed by atoms with Gasteiger partial charge < -0.3 is 0 Å². The summed E-state index contributed by atoms with van der Waals surface area (Å²) in [4.78, 5) is 0. The fourth-order valence-electron chi connectivity index (χ4n) is 1.64. The summed E-state index contributed by atoms with van der Waals surface area (Å²) < 4.78 is 0. The maximum absolute atomic E-state index is 5.72. The zero-order valence-electron chi connectivity index (χ0n) is 8.62. The van der Waals surface area contributed by atoms with Crippen LogP contribution < -0.4 is 0 Å². The normalized spacial score (nSPS) is 11.1. The highest BCUT2D eigenvalue weighted by molar-refractivity contribution is 5.84. The minimum absolute atomic E-state index is 0.581. The molecule has 0 unspecified atom stereocenters. The number of hydrogen-bond donors (Lipinski definition) is 0. The van der Waals surface area contributed by atoms with Crippen LogP contribution in [0.2, 0.25) is 0 Å². The lowest BCUT2D eigenvalue weighted by Gasteiger charge is -2.07. The van der Waals surface area contributed by atoms with Crippen molar-refractivity contribution in [3.05, 3.63) is 54.4 Å². The maximum Gasteiger partial charge on any atom is -0.00118 e. The Labute approximate surface area is 85.6 Å². The molecule has 0 aliphatic rings. The zero-order valence-corrected chi connectivity index (χ0v) is 8.62. The predicted octanol–water partition coefficient (Wildman–Crippen LogP) is 4.02. The molecule has 0 N–H and O–H groups in total. The van der Waals surface area contributed by atoms with E-state index in [1.165, 1.54) is 16.3 Å². The van der Waals surface area contributed by atoms with E-state index < -0.39 is 0 Å². The fraction of sp³-hybridized carbons (Fsp3) is 0.214. The lowest BCUT2D eigenvalue weighted by atomic mass is 9.98. The Hall–Kier alpha value is -1.30. The molecule has 0 bridgehead atoms. The summed E-state index contributed by atoms with van der Waals surface area (Å²) in [7, 11) is 0. The van der Waals surface area contributed by atoms with Crippen molar-refractivity contribution in [3.8, 4) is 0 Å². The molecule has 0 heterocycles. The van der Waals surface area contributed by atoms with E-state index in [-0.39, 0.29) is 0 Å². The van der Waals surface area contributed by atoms with Crippen LogP contribution in [0.25, 0.3) is 10.8 Å². The van der Waals surface area contributed by atoms with Crippen LogP contribution >= 0.6 is 0 Å². The Kier molecular flexibility index (Phi) is 2.28. The highest BCUT2D eigenvalue weighted by Crippen LogP contribution is 2.21. The van der Waals surface area contributed by atoms with E-state index in [1.54, 1.807) is 0 Å². The zero-order chi connectivity index (χ0) is 10.1. The molecule has 0 spiro atoms. The molecule has 2 aromatic carbocycles. The van der Waals surface area contributed by atoms with Crippen LogP contribution in [0.4, 0.5) is 0 Å². The van der Waals surface area contributed by atoms with Gasteiger partial charge in [-0.05, 0) is 34.7 Å². The summed E-state index contributed by atoms with van der Waals surface area (Å²) in [5.41, 5.74) is 2.21. The first kappa shape index (κ1) is 9.26. The van der Waals surface area contributed by atoms with Crippen molar-refractivity contribution in [1.29, 1.82) is 0 Å². The molecule has 70 valence electrons. The Morgan fingerprint density at radius 3 is 2.29 bits per heavy atom. The largest absolute Gasteiger partial charge is 0.0587 e. The average Bonchev–Trinajstić information content (AvgIpc) is 2.16. The summed E-state index contributed by atoms with van der Waals surface area (Å²) >= 11 is 0. The topological polar surface area (TPSA) is 0 Å². The minimum Gasteiger partial charge on any atom is -0.0587 e. The summed E-state index contributed by atoms with van der Waals surface area (Å²) in [5, 5.41) is 2.49. The second-order valence-electron chi connectivity index (χ2n) is 4.02. The first-order valence-corrected chi connectivity index (χ1v) is 4.96. The van der Waals surface area contributed by atoms with E-state index in [4.69, 9.17) is 6.92 Å². The van der Waals surface area contributed by atoms with Crippen LogP contribution in [0.5, 0.6) is 0 Å². The van der Waals surface area contributed by atoms with Gasteiger partial charge in [-0.3, -0.25) is 0 Å². The van der Waals surface area contributed by atoms with Crippen molar-refractivity contribution in [3.63, 3.8) is 0 Å². The van der Waals surface area contributed by atoms with Crippen molar-refractivity contribution in [1.82, 2.24) is 0 Å². The molecule has 0 aromatic heterocycles. The van der Waals surface area contributed by atoms with Crippen molar-refractivity contribution >= 4 is 10.8 Å². The molecule has 0 fully saturated rings. The van der Waals surface area contributed by atoms with Gasteiger partial charge in [0.25, 0.3) is 0 Å². The smallest absolute Gasteiger partial charge is 0.00118 e. The van der Waals surface area contributed by atoms with Crippen LogP contribution in [-0.2, 0) is 0 Å². The quantitative estimate of drug-likeness (QED) is 0.624. The van der Waals surface area contributed by atoms with Gasteiger partial charge in [0, 0.05) is 0 Å². The highest BCUT2D eigenvalue weighted by Gasteiger charge is 2.00. The van der Waals surface area contributed by atoms with Gasteiger partial charge in [-0.2, -0.15) is 0 Å². The van der Waals surface area contributed by atoms with Crippen molar-refractivity contribution in [2.24, 2.45) is 0 Å². The number of hydrogen-bond acceptors (Lipinski definition) is 0. The van der Waals surface area contributed by atoms with E-state index in [0.717, 1.165) is 5.56 Å². The van der Waals surface area contributed by atoms with E-state index in [1.807, 2.05) is 12.1 Å². The second kappa shape index (κ2) is 3.45. The molecular formula is C14H14. The van der Waals surface area contributed by atoms with Crippen LogP contribution in [0, 0.1) is 6.92 Å². The number of rotatable bonds is 1. The molecule has 2 rings (SSSR count). The molecule has 2 aromatic rings. The SMILES string of the molecule is [CH]c1ccc2cc(C(C)C)ccc2c1. The second-order valence-corrected chi connectivity index (χ2v) is 4.02. The first-order valence-electron chi connectivity index (χ1n) is 4.96. The van der Waals surface area contributed by atoms with Crippen LogP contribution in [-0.4, -0.2) is 0 Å². The Morgan fingerprint density at radius 1 is 0.929 bits per heavy atom. The Bertz CT molecular complexity index is 453. The van der Waals surface area contributed by atoms with Gasteiger partial charge in [0.2, 0.25) is 0 Å². The van der Waals surface area contributed by atoms with Gasteiger partial charge in [0.15, 0.2) is 0 Å². The third-order valence-electron chi connectivity index (χ3n) is 2.56. The van der Waals surface area contributed by atoms with Crippen LogP contribution in [0.3, 0.4) is 0 Å². The van der Waals surface area contributed by atoms with Crippen LogP contribution in [0.15, 0.2) is 36.4 Å². The fourth-order valence-corrected chi connectivity index (χ4v) is 1.64. The van der Waals surface area contributed by atoms with Gasteiger partial charge in [-0.1, -0.05) is 50.2 Å². The third-order valence-corrected chi connectivity index (χ3v) is 2.56. The maximum atomic E-state index is 5.72. The summed E-state index contributed by atoms with van der Waals surface area (Å²) in [6.45, 7) is 10.1. The van der Waals surface area contributed by atoms with E-state index in [0.29, 0.717) is 5.92 Å². The Morgan fingerprint density at radius 2 is 1.57 bits per heavy atom. The molecule has 0 amide bonds. The molecule has 0 nitrogen and oxygen atoms in total. The lowest BCUT2D eigenvalue weighted by molar-refractivity contribution is 0.869. The molecule has 0 aliphatic carbocycles. The minimum atomic E-state index is 0.581. The van der Waals surface area contributed by atoms with Crippen molar-refractivity contribution in [2.45, 2.75) is 19.8 Å². The standard InChI is InChI=1S/C14H14/c1-10(2)12-6-7-13-8-11(3)4-5-14(13)9-12/h3-10H,1-2H3. The molecule has 0 saturated heterocycles. The number of fused-ring (bicyclic) bond motifs is 1. The summed E-state index contributed by atoms with van der Waals surface area (Å²) in [5.74, 6) is 0.581. The molecule has 0 aliphatic heterocycles. The average molecular weight is 182 g/mol. The summed E-state index contributed by atoms with van der Waals surface area (Å²) in [6, 6.07) is 12.6. The van der Waals surface area contributed by atoms with E-state index in [9.17, 15) is 0 Å². The molecule has 2 radical (unpaired) electrons. The van der Waals surface area contributed by atoms with Gasteiger partial charge >= 0.3 is 0 Å². The lowest BCUT2D eigenvalue weighted by Crippen LogP contribution is -1.86. The van der Waals surface area contributed by atoms with E-state index >= 15 is 0 Å². The summed E-state index contributed by atoms with van der Waals surface area (Å²) in [6.07, 6.45) is 0.